The smallest absolute Gasteiger partial charge is 0.0521 e. The fourth-order valence-corrected chi connectivity index (χ4v) is 2.09. The summed E-state index contributed by atoms with van der Waals surface area (Å²) in [6.45, 7) is 0.978. The van der Waals surface area contributed by atoms with Crippen molar-refractivity contribution in [1.82, 2.24) is 0 Å². The molecule has 0 N–H and O–H groups in total. The molecular weight excluding hydrogens is 192 g/mol. The van der Waals surface area contributed by atoms with Crippen LogP contribution in [0, 0.1) is 0 Å². The van der Waals surface area contributed by atoms with Gasteiger partial charge in [-0.15, -0.1) is 0 Å². The highest BCUT2D eigenvalue weighted by molar-refractivity contribution is 5.79. The van der Waals surface area contributed by atoms with E-state index < -0.39 is 11.4 Å². The Bertz CT molecular complexity index is 339. The Morgan fingerprint density at radius 3 is 2.33 bits per heavy atom. The zero-order valence-corrected chi connectivity index (χ0v) is 8.44. The van der Waals surface area contributed by atoms with Gasteiger partial charge in [0.15, 0.2) is 0 Å². The van der Waals surface area contributed by atoms with Gasteiger partial charge in [0.05, 0.1) is 5.97 Å². The molecular formula is C12H13O3-. The fourth-order valence-electron chi connectivity index (χ4n) is 2.09. The number of carboxylic acids is 1. The largest absolute Gasteiger partial charge is 0.549 e. The van der Waals surface area contributed by atoms with Crippen molar-refractivity contribution >= 4 is 5.97 Å². The lowest BCUT2D eigenvalue weighted by Gasteiger charge is -2.38. The molecule has 0 aromatic heterocycles. The molecule has 15 heavy (non-hydrogen) atoms. The van der Waals surface area contributed by atoms with Crippen molar-refractivity contribution < 1.29 is 14.6 Å². The van der Waals surface area contributed by atoms with Crippen LogP contribution >= 0.6 is 0 Å². The number of carbonyl (C=O) groups is 1. The average Bonchev–Trinajstić information content (AvgIpc) is 2.31. The Balaban J connectivity index is 2.38. The predicted molar refractivity (Wildman–Crippen MR) is 53.2 cm³/mol. The van der Waals surface area contributed by atoms with Gasteiger partial charge in [-0.25, -0.2) is 0 Å². The summed E-state index contributed by atoms with van der Waals surface area (Å²) in [5.41, 5.74) is -0.0206. The maximum atomic E-state index is 11.3. The van der Waals surface area contributed by atoms with Crippen LogP contribution in [0.4, 0.5) is 0 Å². The van der Waals surface area contributed by atoms with Crippen molar-refractivity contribution in [2.45, 2.75) is 18.3 Å². The SMILES string of the molecule is O=C([O-])C1(c2ccccc2)CCOCC1. The van der Waals surface area contributed by atoms with Crippen LogP contribution in [0.3, 0.4) is 0 Å². The number of hydrogen-bond acceptors (Lipinski definition) is 3. The molecule has 2 rings (SSSR count). The van der Waals surface area contributed by atoms with Crippen LogP contribution in [0.2, 0.25) is 0 Å². The van der Waals surface area contributed by atoms with E-state index in [1.165, 1.54) is 0 Å². The third kappa shape index (κ3) is 1.75. The molecule has 0 spiro atoms. The second-order valence-electron chi connectivity index (χ2n) is 3.85. The monoisotopic (exact) mass is 205 g/mol. The van der Waals surface area contributed by atoms with Gasteiger partial charge in [0.25, 0.3) is 0 Å². The second-order valence-corrected chi connectivity index (χ2v) is 3.85. The summed E-state index contributed by atoms with van der Waals surface area (Å²) >= 11 is 0. The second kappa shape index (κ2) is 4.03. The molecule has 0 aliphatic carbocycles. The minimum atomic E-state index is -0.989. The molecule has 0 amide bonds. The number of carboxylic acid groups (broad SMARTS) is 1. The van der Waals surface area contributed by atoms with Gasteiger partial charge in [0, 0.05) is 18.6 Å². The predicted octanol–water partition coefficient (Wildman–Crippen LogP) is 0.485. The Labute approximate surface area is 88.7 Å². The maximum Gasteiger partial charge on any atom is 0.0521 e. The van der Waals surface area contributed by atoms with E-state index >= 15 is 0 Å². The molecule has 0 unspecified atom stereocenters. The first-order chi connectivity index (χ1) is 7.26. The number of hydrogen-bond donors (Lipinski definition) is 0. The molecule has 0 saturated carbocycles. The van der Waals surface area contributed by atoms with Crippen LogP contribution in [0.15, 0.2) is 30.3 Å². The van der Waals surface area contributed by atoms with Crippen molar-refractivity contribution in [3.8, 4) is 0 Å². The van der Waals surface area contributed by atoms with Gasteiger partial charge in [-0.05, 0) is 18.4 Å². The van der Waals surface area contributed by atoms with E-state index in [1.54, 1.807) is 0 Å². The first kappa shape index (κ1) is 10.2. The van der Waals surface area contributed by atoms with Crippen molar-refractivity contribution in [2.24, 2.45) is 0 Å². The average molecular weight is 205 g/mol. The fraction of sp³-hybridized carbons (Fsp3) is 0.417. The van der Waals surface area contributed by atoms with Crippen LogP contribution < -0.4 is 5.11 Å². The first-order valence-corrected chi connectivity index (χ1v) is 5.10. The van der Waals surface area contributed by atoms with E-state index in [2.05, 4.69) is 0 Å². The zero-order valence-electron chi connectivity index (χ0n) is 8.44. The third-order valence-corrected chi connectivity index (χ3v) is 3.06. The summed E-state index contributed by atoms with van der Waals surface area (Å²) in [6.07, 6.45) is 0.999. The van der Waals surface area contributed by atoms with Crippen molar-refractivity contribution in [3.05, 3.63) is 35.9 Å². The molecule has 1 aliphatic rings. The van der Waals surface area contributed by atoms with Crippen molar-refractivity contribution in [2.75, 3.05) is 13.2 Å². The molecule has 1 fully saturated rings. The Hall–Kier alpha value is -1.35. The Kier molecular flexibility index (Phi) is 2.73. The molecule has 0 atom stereocenters. The summed E-state index contributed by atoms with van der Waals surface area (Å²) in [5, 5.41) is 11.3. The van der Waals surface area contributed by atoms with E-state index in [9.17, 15) is 9.90 Å². The Morgan fingerprint density at radius 1 is 1.20 bits per heavy atom. The van der Waals surface area contributed by atoms with Crippen LogP contribution in [-0.4, -0.2) is 19.2 Å². The number of carbonyl (C=O) groups excluding carboxylic acids is 1. The summed E-state index contributed by atoms with van der Waals surface area (Å²) < 4.78 is 5.21. The molecule has 1 aliphatic heterocycles. The standard InChI is InChI=1S/C12H14O3/c13-11(14)12(6-8-15-9-7-12)10-4-2-1-3-5-10/h1-5H,6-9H2,(H,13,14)/p-1. The van der Waals surface area contributed by atoms with Crippen LogP contribution in [-0.2, 0) is 14.9 Å². The molecule has 80 valence electrons. The molecule has 3 nitrogen and oxygen atoms in total. The van der Waals surface area contributed by atoms with Crippen LogP contribution in [0.25, 0.3) is 0 Å². The lowest BCUT2D eigenvalue weighted by molar-refractivity contribution is -0.316. The van der Waals surface area contributed by atoms with Gasteiger partial charge in [0.1, 0.15) is 0 Å². The molecule has 1 aromatic rings. The van der Waals surface area contributed by atoms with Crippen LogP contribution in [0.1, 0.15) is 18.4 Å². The summed E-state index contributed by atoms with van der Waals surface area (Å²) in [5.74, 6) is -0.989. The van der Waals surface area contributed by atoms with E-state index in [4.69, 9.17) is 4.74 Å². The third-order valence-electron chi connectivity index (χ3n) is 3.06. The van der Waals surface area contributed by atoms with Gasteiger partial charge in [-0.1, -0.05) is 30.3 Å². The molecule has 1 heterocycles. The molecule has 1 saturated heterocycles. The molecule has 0 bridgehead atoms. The van der Waals surface area contributed by atoms with Gasteiger partial charge < -0.3 is 14.6 Å². The maximum absolute atomic E-state index is 11.3. The number of benzene rings is 1. The Morgan fingerprint density at radius 2 is 1.80 bits per heavy atom. The van der Waals surface area contributed by atoms with E-state index in [1.807, 2.05) is 30.3 Å². The normalized spacial score (nSPS) is 19.7. The van der Waals surface area contributed by atoms with Gasteiger partial charge >= 0.3 is 0 Å². The highest BCUT2D eigenvalue weighted by Gasteiger charge is 2.35. The number of rotatable bonds is 2. The lowest BCUT2D eigenvalue weighted by atomic mass is 9.74. The number of aliphatic carboxylic acids is 1. The molecule has 0 radical (unpaired) electrons. The van der Waals surface area contributed by atoms with E-state index in [0.717, 1.165) is 5.56 Å². The molecule has 3 heteroatoms. The quantitative estimate of drug-likeness (QED) is 0.705. The van der Waals surface area contributed by atoms with Crippen molar-refractivity contribution in [1.29, 1.82) is 0 Å². The summed E-state index contributed by atoms with van der Waals surface area (Å²) in [7, 11) is 0. The highest BCUT2D eigenvalue weighted by atomic mass is 16.5. The van der Waals surface area contributed by atoms with Crippen LogP contribution in [0.5, 0.6) is 0 Å². The zero-order chi connectivity index (χ0) is 10.7. The van der Waals surface area contributed by atoms with E-state index in [-0.39, 0.29) is 0 Å². The lowest BCUT2D eigenvalue weighted by Crippen LogP contribution is -2.49. The van der Waals surface area contributed by atoms with E-state index in [0.29, 0.717) is 26.1 Å². The van der Waals surface area contributed by atoms with Gasteiger partial charge in [-0.2, -0.15) is 0 Å². The minimum Gasteiger partial charge on any atom is -0.549 e. The van der Waals surface area contributed by atoms with Gasteiger partial charge in [-0.3, -0.25) is 0 Å². The summed E-state index contributed by atoms with van der Waals surface area (Å²) in [4.78, 5) is 11.3. The summed E-state index contributed by atoms with van der Waals surface area (Å²) in [6, 6.07) is 9.29. The van der Waals surface area contributed by atoms with Crippen molar-refractivity contribution in [3.63, 3.8) is 0 Å². The highest BCUT2D eigenvalue weighted by Crippen LogP contribution is 2.34. The van der Waals surface area contributed by atoms with Gasteiger partial charge in [0.2, 0.25) is 0 Å². The number of ether oxygens (including phenoxy) is 1. The topological polar surface area (TPSA) is 49.4 Å². The minimum absolute atomic E-state index is 0.489. The first-order valence-electron chi connectivity index (χ1n) is 5.10. The molecule has 1 aromatic carbocycles.